The van der Waals surface area contributed by atoms with E-state index in [-0.39, 0.29) is 6.04 Å². The maximum Gasteiger partial charge on any atom is 0.239 e. The molecule has 0 aliphatic carbocycles. The summed E-state index contributed by atoms with van der Waals surface area (Å²) in [5.74, 6) is 1.27. The van der Waals surface area contributed by atoms with Gasteiger partial charge in [0.15, 0.2) is 0 Å². The van der Waals surface area contributed by atoms with E-state index in [1.54, 1.807) is 0 Å². The van der Waals surface area contributed by atoms with Gasteiger partial charge in [-0.1, -0.05) is 30.3 Å². The van der Waals surface area contributed by atoms with Crippen LogP contribution in [0.5, 0.6) is 5.88 Å². The van der Waals surface area contributed by atoms with E-state index >= 15 is 0 Å². The lowest BCUT2D eigenvalue weighted by molar-refractivity contribution is 0.329. The highest BCUT2D eigenvalue weighted by Gasteiger charge is 2.07. The number of pyridine rings is 1. The highest BCUT2D eigenvalue weighted by molar-refractivity contribution is 5.53. The molecular formula is C16H21N3O. The average molecular weight is 271 g/mol. The number of nitrogens with zero attached hydrogens (tertiary/aromatic N) is 1. The van der Waals surface area contributed by atoms with Crippen molar-refractivity contribution in [3.63, 3.8) is 0 Å². The largest absolute Gasteiger partial charge is 0.476 e. The number of nitrogens with one attached hydrogen (secondary N) is 1. The third kappa shape index (κ3) is 3.88. The van der Waals surface area contributed by atoms with Crippen molar-refractivity contribution in [2.24, 2.45) is 0 Å². The van der Waals surface area contributed by atoms with Gasteiger partial charge in [-0.25, -0.2) is 0 Å². The van der Waals surface area contributed by atoms with Crippen LogP contribution in [-0.2, 0) is 6.42 Å². The van der Waals surface area contributed by atoms with Crippen molar-refractivity contribution in [1.82, 2.24) is 4.98 Å². The van der Waals surface area contributed by atoms with Gasteiger partial charge in [-0.3, -0.25) is 0 Å². The number of aromatic nitrogens is 1. The monoisotopic (exact) mass is 271 g/mol. The van der Waals surface area contributed by atoms with Crippen LogP contribution in [0.1, 0.15) is 19.4 Å². The molecule has 106 valence electrons. The van der Waals surface area contributed by atoms with E-state index < -0.39 is 0 Å². The fourth-order valence-electron chi connectivity index (χ4n) is 2.06. The zero-order chi connectivity index (χ0) is 14.4. The van der Waals surface area contributed by atoms with Crippen molar-refractivity contribution in [2.75, 3.05) is 17.7 Å². The van der Waals surface area contributed by atoms with Crippen molar-refractivity contribution in [3.05, 3.63) is 48.0 Å². The Morgan fingerprint density at radius 1 is 1.20 bits per heavy atom. The molecule has 0 aliphatic heterocycles. The first-order valence-corrected chi connectivity index (χ1v) is 6.88. The Kier molecular flexibility index (Phi) is 4.82. The van der Waals surface area contributed by atoms with Crippen LogP contribution in [0.4, 0.5) is 11.5 Å². The van der Waals surface area contributed by atoms with Crippen LogP contribution >= 0.6 is 0 Å². The van der Waals surface area contributed by atoms with Crippen molar-refractivity contribution in [3.8, 4) is 5.88 Å². The lowest BCUT2D eigenvalue weighted by atomic mass is 10.1. The molecule has 1 atom stereocenters. The van der Waals surface area contributed by atoms with Crippen LogP contribution in [0.3, 0.4) is 0 Å². The molecule has 20 heavy (non-hydrogen) atoms. The molecule has 0 radical (unpaired) electrons. The molecular weight excluding hydrogens is 250 g/mol. The summed E-state index contributed by atoms with van der Waals surface area (Å²) < 4.78 is 5.40. The van der Waals surface area contributed by atoms with Crippen molar-refractivity contribution < 1.29 is 4.74 Å². The summed E-state index contributed by atoms with van der Waals surface area (Å²) >= 11 is 0. The second-order valence-corrected chi connectivity index (χ2v) is 4.76. The quantitative estimate of drug-likeness (QED) is 0.847. The summed E-state index contributed by atoms with van der Waals surface area (Å²) in [6, 6.07) is 14.4. The highest BCUT2D eigenvalue weighted by Crippen LogP contribution is 2.21. The predicted molar refractivity (Wildman–Crippen MR) is 83.0 cm³/mol. The van der Waals surface area contributed by atoms with Crippen molar-refractivity contribution in [1.29, 1.82) is 0 Å². The molecule has 0 amide bonds. The van der Waals surface area contributed by atoms with E-state index in [0.29, 0.717) is 18.2 Å². The third-order valence-corrected chi connectivity index (χ3v) is 2.95. The number of nitrogens with two attached hydrogens (primary N) is 1. The molecule has 0 spiro atoms. The minimum absolute atomic E-state index is 0.281. The zero-order valence-corrected chi connectivity index (χ0v) is 12.0. The Bertz CT molecular complexity index is 543. The number of rotatable bonds is 6. The molecule has 1 aromatic carbocycles. The summed E-state index contributed by atoms with van der Waals surface area (Å²) in [5.41, 5.74) is 7.68. The van der Waals surface area contributed by atoms with Gasteiger partial charge in [0, 0.05) is 6.04 Å². The highest BCUT2D eigenvalue weighted by atomic mass is 16.5. The molecule has 1 aromatic heterocycles. The fourth-order valence-corrected chi connectivity index (χ4v) is 2.06. The van der Waals surface area contributed by atoms with Crippen LogP contribution in [0, 0.1) is 0 Å². The number of anilines is 2. The average Bonchev–Trinajstić information content (AvgIpc) is 2.44. The Balaban J connectivity index is 2.00. The lowest BCUT2D eigenvalue weighted by Gasteiger charge is -2.16. The van der Waals surface area contributed by atoms with Crippen LogP contribution in [0.25, 0.3) is 0 Å². The summed E-state index contributed by atoms with van der Waals surface area (Å²) in [4.78, 5) is 4.39. The first-order chi connectivity index (χ1) is 9.69. The van der Waals surface area contributed by atoms with E-state index in [9.17, 15) is 0 Å². The van der Waals surface area contributed by atoms with E-state index in [1.807, 2.05) is 25.1 Å². The van der Waals surface area contributed by atoms with Gasteiger partial charge >= 0.3 is 0 Å². The Labute approximate surface area is 120 Å². The van der Waals surface area contributed by atoms with Gasteiger partial charge in [0.2, 0.25) is 5.88 Å². The number of hydrogen-bond acceptors (Lipinski definition) is 4. The van der Waals surface area contributed by atoms with E-state index in [1.165, 1.54) is 5.56 Å². The molecule has 4 nitrogen and oxygen atoms in total. The van der Waals surface area contributed by atoms with Gasteiger partial charge in [-0.15, -0.1) is 0 Å². The molecule has 4 heteroatoms. The molecule has 0 saturated heterocycles. The van der Waals surface area contributed by atoms with E-state index in [2.05, 4.69) is 41.5 Å². The number of benzene rings is 1. The van der Waals surface area contributed by atoms with Crippen molar-refractivity contribution >= 4 is 11.5 Å². The Hall–Kier alpha value is -2.23. The zero-order valence-electron chi connectivity index (χ0n) is 12.0. The maximum absolute atomic E-state index is 5.81. The van der Waals surface area contributed by atoms with Gasteiger partial charge in [-0.2, -0.15) is 4.98 Å². The second kappa shape index (κ2) is 6.80. The SMILES string of the molecule is CCOc1nc(NC(C)Cc2ccccc2)ccc1N. The first kappa shape index (κ1) is 14.2. The standard InChI is InChI=1S/C16H21N3O/c1-3-20-16-14(17)9-10-15(19-16)18-12(2)11-13-7-5-4-6-8-13/h4-10,12H,3,11,17H2,1-2H3,(H,18,19). The van der Waals surface area contributed by atoms with Gasteiger partial charge in [0.25, 0.3) is 0 Å². The summed E-state index contributed by atoms with van der Waals surface area (Å²) in [5, 5.41) is 3.37. The normalized spacial score (nSPS) is 11.9. The second-order valence-electron chi connectivity index (χ2n) is 4.76. The molecule has 0 fully saturated rings. The Morgan fingerprint density at radius 3 is 2.65 bits per heavy atom. The molecule has 0 saturated carbocycles. The summed E-state index contributed by atoms with van der Waals surface area (Å²) in [6.45, 7) is 4.60. The molecule has 0 aliphatic rings. The molecule has 1 unspecified atom stereocenters. The number of nitrogen functional groups attached to an aromatic ring is 1. The van der Waals surface area contributed by atoms with Crippen LogP contribution in [0.15, 0.2) is 42.5 Å². The molecule has 0 bridgehead atoms. The fraction of sp³-hybridized carbons (Fsp3) is 0.312. The van der Waals surface area contributed by atoms with Gasteiger partial charge in [0.05, 0.1) is 12.3 Å². The van der Waals surface area contributed by atoms with Crippen LogP contribution in [0.2, 0.25) is 0 Å². The van der Waals surface area contributed by atoms with E-state index in [0.717, 1.165) is 12.2 Å². The van der Waals surface area contributed by atoms with Crippen LogP contribution in [-0.4, -0.2) is 17.6 Å². The molecule has 3 N–H and O–H groups in total. The first-order valence-electron chi connectivity index (χ1n) is 6.88. The maximum atomic E-state index is 5.81. The third-order valence-electron chi connectivity index (χ3n) is 2.95. The Morgan fingerprint density at radius 2 is 1.95 bits per heavy atom. The number of hydrogen-bond donors (Lipinski definition) is 2. The minimum atomic E-state index is 0.281. The van der Waals surface area contributed by atoms with Gasteiger partial charge in [0.1, 0.15) is 5.82 Å². The smallest absolute Gasteiger partial charge is 0.239 e. The molecule has 1 heterocycles. The summed E-state index contributed by atoms with van der Waals surface area (Å²) in [6.07, 6.45) is 0.941. The van der Waals surface area contributed by atoms with Gasteiger partial charge < -0.3 is 15.8 Å². The van der Waals surface area contributed by atoms with Crippen LogP contribution < -0.4 is 15.8 Å². The molecule has 2 aromatic rings. The van der Waals surface area contributed by atoms with Gasteiger partial charge in [-0.05, 0) is 38.0 Å². The summed E-state index contributed by atoms with van der Waals surface area (Å²) in [7, 11) is 0. The molecule has 2 rings (SSSR count). The predicted octanol–water partition coefficient (Wildman–Crippen LogP) is 3.11. The van der Waals surface area contributed by atoms with E-state index in [4.69, 9.17) is 10.5 Å². The van der Waals surface area contributed by atoms with Crippen molar-refractivity contribution in [2.45, 2.75) is 26.3 Å². The minimum Gasteiger partial charge on any atom is -0.476 e. The topological polar surface area (TPSA) is 60.2 Å². The lowest BCUT2D eigenvalue weighted by Crippen LogP contribution is -2.19. The number of ether oxygens (including phenoxy) is 1.